The summed E-state index contributed by atoms with van der Waals surface area (Å²) < 4.78 is 25.8. The fourth-order valence-corrected chi connectivity index (χ4v) is 6.27. The zero-order chi connectivity index (χ0) is 14.6. The second kappa shape index (κ2) is 4.80. The molecule has 0 amide bonds. The van der Waals surface area contributed by atoms with Gasteiger partial charge in [-0.05, 0) is 56.8 Å². The van der Waals surface area contributed by atoms with Crippen molar-refractivity contribution in [2.45, 2.75) is 42.0 Å². The largest absolute Gasteiger partial charge is 0.316 e. The average molecular weight is 306 g/mol. The van der Waals surface area contributed by atoms with Gasteiger partial charge in [-0.3, -0.25) is 0 Å². The van der Waals surface area contributed by atoms with Crippen molar-refractivity contribution in [3.8, 4) is 0 Å². The lowest BCUT2D eigenvalue weighted by molar-refractivity contribution is 0.361. The molecule has 0 aromatic heterocycles. The van der Waals surface area contributed by atoms with Crippen molar-refractivity contribution in [2.24, 2.45) is 11.8 Å². The third-order valence-corrected chi connectivity index (χ3v) is 7.79. The summed E-state index contributed by atoms with van der Waals surface area (Å²) in [4.78, 5) is 0.489. The predicted octanol–water partition coefficient (Wildman–Crippen LogP) is 1.11. The highest BCUT2D eigenvalue weighted by atomic mass is 32.2. The number of sulfone groups is 1. The van der Waals surface area contributed by atoms with Crippen molar-refractivity contribution in [1.29, 1.82) is 0 Å². The Morgan fingerprint density at radius 2 is 1.57 bits per heavy atom. The first-order valence-corrected chi connectivity index (χ1v) is 9.37. The number of hydrogen-bond acceptors (Lipinski definition) is 4. The van der Waals surface area contributed by atoms with Crippen LogP contribution in [0.1, 0.15) is 18.4 Å². The van der Waals surface area contributed by atoms with E-state index < -0.39 is 9.84 Å². The van der Waals surface area contributed by atoms with E-state index in [1.54, 1.807) is 12.1 Å². The Morgan fingerprint density at radius 3 is 2.14 bits per heavy atom. The molecule has 3 aliphatic rings. The van der Waals surface area contributed by atoms with Gasteiger partial charge in [0.2, 0.25) is 0 Å². The predicted molar refractivity (Wildman–Crippen MR) is 81.9 cm³/mol. The molecule has 3 aliphatic heterocycles. The van der Waals surface area contributed by atoms with Crippen molar-refractivity contribution >= 4 is 9.84 Å². The second-order valence-corrected chi connectivity index (χ2v) is 9.05. The number of rotatable bonds is 2. The van der Waals surface area contributed by atoms with Gasteiger partial charge in [0, 0.05) is 12.1 Å². The van der Waals surface area contributed by atoms with E-state index in [4.69, 9.17) is 0 Å². The Hall–Kier alpha value is -0.910. The van der Waals surface area contributed by atoms with E-state index in [1.165, 1.54) is 0 Å². The van der Waals surface area contributed by atoms with E-state index in [1.807, 2.05) is 19.1 Å². The number of nitrogens with one attached hydrogen (secondary N) is 2. The number of benzene rings is 1. The molecule has 114 valence electrons. The van der Waals surface area contributed by atoms with Crippen LogP contribution in [0.4, 0.5) is 0 Å². The molecule has 1 unspecified atom stereocenters. The molecule has 5 heteroatoms. The maximum absolute atomic E-state index is 12.9. The maximum Gasteiger partial charge on any atom is 0.181 e. The molecule has 3 fully saturated rings. The van der Waals surface area contributed by atoms with Gasteiger partial charge in [-0.25, -0.2) is 8.42 Å². The highest BCUT2D eigenvalue weighted by Gasteiger charge is 2.51. The lowest BCUT2D eigenvalue weighted by atomic mass is 9.92. The van der Waals surface area contributed by atoms with Crippen LogP contribution < -0.4 is 10.6 Å². The Kier molecular flexibility index (Phi) is 3.14. The molecule has 5 atom stereocenters. The Balaban J connectivity index is 1.61. The second-order valence-electron chi connectivity index (χ2n) is 6.82. The van der Waals surface area contributed by atoms with E-state index in [-0.39, 0.29) is 5.25 Å². The summed E-state index contributed by atoms with van der Waals surface area (Å²) in [6.07, 6.45) is 1.52. The number of fused-ring (bicyclic) bond motifs is 5. The normalized spacial score (nSPS) is 38.4. The van der Waals surface area contributed by atoms with Gasteiger partial charge in [0.1, 0.15) is 0 Å². The first-order valence-electron chi connectivity index (χ1n) is 7.83. The lowest BCUT2D eigenvalue weighted by Gasteiger charge is -2.31. The first kappa shape index (κ1) is 13.7. The molecule has 3 heterocycles. The number of piperidine rings is 1. The summed E-state index contributed by atoms with van der Waals surface area (Å²) >= 11 is 0. The Morgan fingerprint density at radius 1 is 1.00 bits per heavy atom. The minimum absolute atomic E-state index is 0.220. The van der Waals surface area contributed by atoms with Gasteiger partial charge in [0.15, 0.2) is 9.84 Å². The summed E-state index contributed by atoms with van der Waals surface area (Å²) in [7, 11) is -3.20. The van der Waals surface area contributed by atoms with Crippen molar-refractivity contribution in [3.63, 3.8) is 0 Å². The summed E-state index contributed by atoms with van der Waals surface area (Å²) in [5.41, 5.74) is 1.10. The van der Waals surface area contributed by atoms with Gasteiger partial charge in [-0.15, -0.1) is 0 Å². The molecule has 2 bridgehead atoms. The molecule has 21 heavy (non-hydrogen) atoms. The minimum atomic E-state index is -3.20. The van der Waals surface area contributed by atoms with Crippen molar-refractivity contribution in [3.05, 3.63) is 29.8 Å². The maximum atomic E-state index is 12.9. The molecule has 3 saturated heterocycles. The first-order chi connectivity index (χ1) is 10.1. The fourth-order valence-electron chi connectivity index (χ4n) is 4.44. The molecule has 1 aromatic carbocycles. The number of aryl methyl sites for hydroxylation is 1. The van der Waals surface area contributed by atoms with E-state index in [9.17, 15) is 8.42 Å². The van der Waals surface area contributed by atoms with Crippen molar-refractivity contribution in [1.82, 2.24) is 10.6 Å². The monoisotopic (exact) mass is 306 g/mol. The molecule has 1 aromatic rings. The van der Waals surface area contributed by atoms with Crippen molar-refractivity contribution < 1.29 is 8.42 Å². The molecule has 4 rings (SSSR count). The standard InChI is InChI=1S/C16H22N2O2S/c1-10-2-4-11(5-3-10)21(19,20)12-6-15-13-8-17-9-14(13)16(7-12)18-15/h2-5,12-18H,6-9H2,1H3/t12?,13-,14+,15-,16+. The topological polar surface area (TPSA) is 58.2 Å². The van der Waals surface area contributed by atoms with Gasteiger partial charge >= 0.3 is 0 Å². The van der Waals surface area contributed by atoms with Crippen LogP contribution in [-0.4, -0.2) is 38.8 Å². The minimum Gasteiger partial charge on any atom is -0.316 e. The molecule has 0 spiro atoms. The summed E-state index contributed by atoms with van der Waals surface area (Å²) in [5, 5.41) is 6.89. The van der Waals surface area contributed by atoms with Crippen molar-refractivity contribution in [2.75, 3.05) is 13.1 Å². The van der Waals surface area contributed by atoms with Crippen LogP contribution >= 0.6 is 0 Å². The van der Waals surface area contributed by atoms with Crippen LogP contribution in [0.2, 0.25) is 0 Å². The highest BCUT2D eigenvalue weighted by molar-refractivity contribution is 7.92. The summed E-state index contributed by atoms with van der Waals surface area (Å²) in [6, 6.07) is 8.04. The van der Waals surface area contributed by atoms with Gasteiger partial charge in [-0.1, -0.05) is 17.7 Å². The SMILES string of the molecule is Cc1ccc(S(=O)(=O)C2C[C@@H]3N[C@H](C2)[C@@H]2CNC[C@@H]23)cc1. The molecule has 4 nitrogen and oxygen atoms in total. The van der Waals surface area contributed by atoms with E-state index in [2.05, 4.69) is 10.6 Å². The van der Waals surface area contributed by atoms with Crippen LogP contribution in [0.15, 0.2) is 29.2 Å². The van der Waals surface area contributed by atoms with Crippen LogP contribution in [0.25, 0.3) is 0 Å². The fraction of sp³-hybridized carbons (Fsp3) is 0.625. The molecule has 0 aliphatic carbocycles. The quantitative estimate of drug-likeness (QED) is 0.859. The Bertz CT molecular complexity index is 623. The van der Waals surface area contributed by atoms with Gasteiger partial charge in [0.25, 0.3) is 0 Å². The third-order valence-electron chi connectivity index (χ3n) is 5.59. The summed E-state index contributed by atoms with van der Waals surface area (Å²) in [5.74, 6) is 1.24. The summed E-state index contributed by atoms with van der Waals surface area (Å²) in [6.45, 7) is 4.06. The van der Waals surface area contributed by atoms with Gasteiger partial charge in [-0.2, -0.15) is 0 Å². The molecule has 0 saturated carbocycles. The van der Waals surface area contributed by atoms with E-state index >= 15 is 0 Å². The van der Waals surface area contributed by atoms with Gasteiger partial charge in [0.05, 0.1) is 10.1 Å². The van der Waals surface area contributed by atoms with Crippen LogP contribution in [0.5, 0.6) is 0 Å². The smallest absolute Gasteiger partial charge is 0.181 e. The molecular formula is C16H22N2O2S. The lowest BCUT2D eigenvalue weighted by Crippen LogP contribution is -2.47. The number of hydrogen-bond donors (Lipinski definition) is 2. The average Bonchev–Trinajstić information content (AvgIpc) is 3.04. The highest BCUT2D eigenvalue weighted by Crippen LogP contribution is 2.41. The van der Waals surface area contributed by atoms with Crippen LogP contribution in [0.3, 0.4) is 0 Å². The van der Waals surface area contributed by atoms with E-state index in [0.29, 0.717) is 28.8 Å². The zero-order valence-corrected chi connectivity index (χ0v) is 13.1. The third kappa shape index (κ3) is 2.14. The van der Waals surface area contributed by atoms with E-state index in [0.717, 1.165) is 31.5 Å². The molecule has 0 radical (unpaired) electrons. The van der Waals surface area contributed by atoms with Crippen LogP contribution in [0, 0.1) is 18.8 Å². The Labute approximate surface area is 126 Å². The zero-order valence-electron chi connectivity index (χ0n) is 12.2. The van der Waals surface area contributed by atoms with Gasteiger partial charge < -0.3 is 10.6 Å². The molecule has 2 N–H and O–H groups in total. The molecular weight excluding hydrogens is 284 g/mol. The van der Waals surface area contributed by atoms with Crippen LogP contribution in [-0.2, 0) is 9.84 Å².